The fraction of sp³-hybridized carbons (Fsp3) is 0.567. The molecule has 12 heteroatoms. The third kappa shape index (κ3) is 13.0. The van der Waals surface area contributed by atoms with Crippen LogP contribution in [0.4, 0.5) is 4.79 Å². The topological polar surface area (TPSA) is 152 Å². The van der Waals surface area contributed by atoms with Crippen molar-refractivity contribution in [1.82, 2.24) is 21.3 Å². The van der Waals surface area contributed by atoms with E-state index in [1.807, 2.05) is 50.4 Å². The summed E-state index contributed by atoms with van der Waals surface area (Å²) in [6, 6.07) is 6.74. The summed E-state index contributed by atoms with van der Waals surface area (Å²) in [4.78, 5) is 63.5. The highest BCUT2D eigenvalue weighted by atomic mass is 32.2. The number of carbonyl (C=O) groups excluding carboxylic acids is 5. The van der Waals surface area contributed by atoms with Crippen molar-refractivity contribution in [3.63, 3.8) is 0 Å². The molecule has 1 saturated heterocycles. The third-order valence-corrected chi connectivity index (χ3v) is 7.20. The Bertz CT molecular complexity index is 1070. The van der Waals surface area contributed by atoms with Gasteiger partial charge in [0.25, 0.3) is 0 Å². The second-order valence-corrected chi connectivity index (χ2v) is 11.5. The van der Waals surface area contributed by atoms with Gasteiger partial charge in [0.1, 0.15) is 18.7 Å². The molecule has 1 fully saturated rings. The molecule has 4 atom stereocenters. The predicted molar refractivity (Wildman–Crippen MR) is 161 cm³/mol. The van der Waals surface area contributed by atoms with Crippen molar-refractivity contribution in [3.05, 3.63) is 48.0 Å². The summed E-state index contributed by atoms with van der Waals surface area (Å²) in [6.45, 7) is 6.36. The molecule has 4 N–H and O–H groups in total. The van der Waals surface area contributed by atoms with Gasteiger partial charge in [-0.3, -0.25) is 14.4 Å². The Balaban J connectivity index is 2.11. The second kappa shape index (κ2) is 18.8. The molecule has 0 aliphatic carbocycles. The summed E-state index contributed by atoms with van der Waals surface area (Å²) >= 11 is 1.52. The molecule has 0 saturated carbocycles. The number of ether oxygens (including phenoxy) is 2. The fourth-order valence-corrected chi connectivity index (χ4v) is 4.89. The Morgan fingerprint density at radius 3 is 2.38 bits per heavy atom. The zero-order chi connectivity index (χ0) is 30.9. The molecule has 0 spiro atoms. The van der Waals surface area contributed by atoms with Gasteiger partial charge >= 0.3 is 12.1 Å². The number of alkyl carbamates (subject to hydrolysis) is 1. The van der Waals surface area contributed by atoms with Gasteiger partial charge in [-0.15, -0.1) is 0 Å². The van der Waals surface area contributed by atoms with Gasteiger partial charge in [-0.05, 0) is 56.1 Å². The number of amides is 4. The summed E-state index contributed by atoms with van der Waals surface area (Å²) in [5, 5.41) is 11.1. The molecule has 0 bridgehead atoms. The van der Waals surface area contributed by atoms with Crippen LogP contribution in [-0.2, 0) is 35.3 Å². The van der Waals surface area contributed by atoms with Gasteiger partial charge in [0.2, 0.25) is 17.7 Å². The maximum atomic E-state index is 13.4. The number of hydrogen-bond acceptors (Lipinski definition) is 8. The van der Waals surface area contributed by atoms with E-state index in [1.165, 1.54) is 23.9 Å². The Morgan fingerprint density at radius 1 is 1.05 bits per heavy atom. The molecule has 0 radical (unpaired) electrons. The highest BCUT2D eigenvalue weighted by molar-refractivity contribution is 7.98. The molecule has 2 rings (SSSR count). The number of thioether (sulfide) groups is 1. The molecule has 0 aromatic heterocycles. The standard InChI is InChI=1S/C30H44N4O7S/c1-5-40-26(35)12-11-23(18-22-13-15-31-27(22)36)32-28(37)24(14-16-42-4)33-29(38)25(17-20(2)3)34-30(39)41-19-21-9-7-6-8-10-21/h6-12,20,22-25H,5,13-19H2,1-4H3,(H,31,36)(H,32,37)(H,33,38)(H,34,39)/b12-11+/t22-,23+,24-,25-/m0/s1. The van der Waals surface area contributed by atoms with Gasteiger partial charge in [0.05, 0.1) is 6.61 Å². The first-order valence-electron chi connectivity index (χ1n) is 14.3. The van der Waals surface area contributed by atoms with Crippen LogP contribution in [-0.4, -0.2) is 73.1 Å². The summed E-state index contributed by atoms with van der Waals surface area (Å²) < 4.78 is 10.3. The number of esters is 1. The number of rotatable bonds is 17. The van der Waals surface area contributed by atoms with Crippen LogP contribution in [0.2, 0.25) is 0 Å². The van der Waals surface area contributed by atoms with E-state index in [4.69, 9.17) is 9.47 Å². The minimum absolute atomic E-state index is 0.0567. The Labute approximate surface area is 252 Å². The van der Waals surface area contributed by atoms with E-state index in [0.717, 1.165) is 5.56 Å². The van der Waals surface area contributed by atoms with Crippen molar-refractivity contribution < 1.29 is 33.4 Å². The van der Waals surface area contributed by atoms with E-state index < -0.39 is 42.0 Å². The van der Waals surface area contributed by atoms with Gasteiger partial charge < -0.3 is 30.7 Å². The number of hydrogen-bond donors (Lipinski definition) is 4. The maximum Gasteiger partial charge on any atom is 0.408 e. The summed E-state index contributed by atoms with van der Waals surface area (Å²) in [5.41, 5.74) is 0.813. The third-order valence-electron chi connectivity index (χ3n) is 6.55. The lowest BCUT2D eigenvalue weighted by Gasteiger charge is -2.26. The Kier molecular flexibility index (Phi) is 15.5. The number of nitrogens with one attached hydrogen (secondary N) is 4. The van der Waals surface area contributed by atoms with Gasteiger partial charge in [-0.2, -0.15) is 11.8 Å². The summed E-state index contributed by atoms with van der Waals surface area (Å²) in [5.74, 6) is -1.27. The molecule has 1 heterocycles. The lowest BCUT2D eigenvalue weighted by molar-refractivity contribution is -0.137. The molecule has 11 nitrogen and oxygen atoms in total. The molecule has 0 unspecified atom stereocenters. The largest absolute Gasteiger partial charge is 0.463 e. The van der Waals surface area contributed by atoms with Crippen LogP contribution in [0.15, 0.2) is 42.5 Å². The normalized spacial score (nSPS) is 16.8. The minimum atomic E-state index is -0.917. The van der Waals surface area contributed by atoms with Crippen molar-refractivity contribution in [3.8, 4) is 0 Å². The van der Waals surface area contributed by atoms with E-state index in [0.29, 0.717) is 38.0 Å². The monoisotopic (exact) mass is 604 g/mol. The first-order chi connectivity index (χ1) is 20.1. The molecular weight excluding hydrogens is 560 g/mol. The Hall–Kier alpha value is -3.54. The molecule has 4 amide bonds. The molecule has 1 aromatic rings. The highest BCUT2D eigenvalue weighted by Crippen LogP contribution is 2.17. The average Bonchev–Trinajstić information content (AvgIpc) is 3.36. The van der Waals surface area contributed by atoms with Gasteiger partial charge in [0.15, 0.2) is 0 Å². The van der Waals surface area contributed by atoms with Gasteiger partial charge in [0, 0.05) is 24.6 Å². The zero-order valence-electron chi connectivity index (χ0n) is 24.9. The fourth-order valence-electron chi connectivity index (χ4n) is 4.42. The van der Waals surface area contributed by atoms with E-state index in [9.17, 15) is 24.0 Å². The minimum Gasteiger partial charge on any atom is -0.463 e. The van der Waals surface area contributed by atoms with Gasteiger partial charge in [-0.25, -0.2) is 9.59 Å². The zero-order valence-corrected chi connectivity index (χ0v) is 25.7. The van der Waals surface area contributed by atoms with Crippen LogP contribution in [0.5, 0.6) is 0 Å². The molecule has 42 heavy (non-hydrogen) atoms. The Morgan fingerprint density at radius 2 is 1.76 bits per heavy atom. The number of carbonyl (C=O) groups is 5. The van der Waals surface area contributed by atoms with Crippen LogP contribution >= 0.6 is 11.8 Å². The van der Waals surface area contributed by atoms with Crippen LogP contribution in [0.3, 0.4) is 0 Å². The summed E-state index contributed by atoms with van der Waals surface area (Å²) in [6.07, 6.45) is 5.50. The van der Waals surface area contributed by atoms with E-state index in [2.05, 4.69) is 21.3 Å². The van der Waals surface area contributed by atoms with Crippen molar-refractivity contribution in [1.29, 1.82) is 0 Å². The second-order valence-electron chi connectivity index (χ2n) is 10.5. The first-order valence-corrected chi connectivity index (χ1v) is 15.7. The average molecular weight is 605 g/mol. The van der Waals surface area contributed by atoms with Gasteiger partial charge in [-0.1, -0.05) is 50.3 Å². The highest BCUT2D eigenvalue weighted by Gasteiger charge is 2.31. The van der Waals surface area contributed by atoms with Crippen molar-refractivity contribution >= 4 is 41.5 Å². The quantitative estimate of drug-likeness (QED) is 0.157. The lowest BCUT2D eigenvalue weighted by Crippen LogP contribution is -2.55. The maximum absolute atomic E-state index is 13.4. The lowest BCUT2D eigenvalue weighted by atomic mass is 9.97. The van der Waals surface area contributed by atoms with E-state index in [1.54, 1.807) is 6.92 Å². The van der Waals surface area contributed by atoms with Crippen LogP contribution < -0.4 is 21.3 Å². The smallest absolute Gasteiger partial charge is 0.408 e. The van der Waals surface area contributed by atoms with Crippen molar-refractivity contribution in [2.24, 2.45) is 11.8 Å². The molecule has 232 valence electrons. The van der Waals surface area contributed by atoms with E-state index >= 15 is 0 Å². The SMILES string of the molecule is CCOC(=O)/C=C/[C@H](C[C@@H]1CCNC1=O)NC(=O)[C@H](CCSC)NC(=O)[C@H](CC(C)C)NC(=O)OCc1ccccc1. The molecule has 1 aliphatic heterocycles. The molecule has 1 aliphatic rings. The predicted octanol–water partition coefficient (Wildman–Crippen LogP) is 2.70. The van der Waals surface area contributed by atoms with E-state index in [-0.39, 0.29) is 31.0 Å². The first kappa shape index (κ1) is 34.7. The molecular formula is C30H44N4O7S. The van der Waals surface area contributed by atoms with Crippen LogP contribution in [0, 0.1) is 11.8 Å². The number of benzene rings is 1. The summed E-state index contributed by atoms with van der Waals surface area (Å²) in [7, 11) is 0. The molecule has 1 aromatic carbocycles. The van der Waals surface area contributed by atoms with Crippen molar-refractivity contribution in [2.75, 3.05) is 25.2 Å². The van der Waals surface area contributed by atoms with Crippen LogP contribution in [0.25, 0.3) is 0 Å². The van der Waals surface area contributed by atoms with Crippen molar-refractivity contribution in [2.45, 2.75) is 71.2 Å². The van der Waals surface area contributed by atoms with Crippen LogP contribution in [0.1, 0.15) is 52.0 Å².